The van der Waals surface area contributed by atoms with Crippen LogP contribution in [0.1, 0.15) is 19.8 Å². The number of carbonyl (C=O) groups is 1. The van der Waals surface area contributed by atoms with E-state index in [1.807, 2.05) is 6.92 Å². The molecule has 1 aromatic rings. The molecule has 0 bridgehead atoms. The van der Waals surface area contributed by atoms with Crippen LogP contribution in [0.2, 0.25) is 0 Å². The van der Waals surface area contributed by atoms with E-state index in [9.17, 15) is 13.2 Å². The minimum atomic E-state index is -3.55. The number of hydrogen-bond donors (Lipinski definition) is 0. The molecule has 1 saturated heterocycles. The van der Waals surface area contributed by atoms with Crippen molar-refractivity contribution in [2.24, 2.45) is 5.92 Å². The Labute approximate surface area is 107 Å². The molecule has 1 aromatic heterocycles. The summed E-state index contributed by atoms with van der Waals surface area (Å²) in [5, 5.41) is 0.0656. The Morgan fingerprint density at radius 3 is 2.94 bits per heavy atom. The first-order valence-electron chi connectivity index (χ1n) is 6.05. The van der Waals surface area contributed by atoms with Crippen LogP contribution in [0.5, 0.6) is 0 Å². The maximum Gasteiger partial charge on any atom is 0.262 e. The fourth-order valence-corrected chi connectivity index (χ4v) is 3.55. The molecule has 0 saturated carbocycles. The van der Waals surface area contributed by atoms with Crippen LogP contribution in [-0.4, -0.2) is 41.6 Å². The molecule has 0 aromatic carbocycles. The first-order chi connectivity index (χ1) is 8.57. The minimum Gasteiger partial charge on any atom is -0.336 e. The predicted octanol–water partition coefficient (Wildman–Crippen LogP) is 0.503. The van der Waals surface area contributed by atoms with Crippen molar-refractivity contribution in [2.75, 3.05) is 13.1 Å². The van der Waals surface area contributed by atoms with Gasteiger partial charge in [-0.25, -0.2) is 13.4 Å². The smallest absolute Gasteiger partial charge is 0.262 e. The van der Waals surface area contributed by atoms with Crippen molar-refractivity contribution in [1.29, 1.82) is 0 Å². The fourth-order valence-electron chi connectivity index (χ4n) is 2.08. The summed E-state index contributed by atoms with van der Waals surface area (Å²) in [7, 11) is -3.55. The number of aromatic nitrogens is 2. The molecule has 7 heteroatoms. The van der Waals surface area contributed by atoms with Crippen molar-refractivity contribution in [1.82, 2.24) is 13.9 Å². The second-order valence-corrected chi connectivity index (χ2v) is 6.33. The highest BCUT2D eigenvalue weighted by Crippen LogP contribution is 2.21. The van der Waals surface area contributed by atoms with Crippen LogP contribution >= 0.6 is 0 Å². The maximum atomic E-state index is 12.3. The van der Waals surface area contributed by atoms with Crippen molar-refractivity contribution in [2.45, 2.75) is 31.3 Å². The van der Waals surface area contributed by atoms with Crippen LogP contribution in [0.4, 0.5) is 0 Å². The van der Waals surface area contributed by atoms with Crippen LogP contribution in [0, 0.1) is 5.92 Å². The van der Waals surface area contributed by atoms with E-state index < -0.39 is 10.0 Å². The summed E-state index contributed by atoms with van der Waals surface area (Å²) in [5.74, 6) is -0.193. The number of imidazole rings is 1. The summed E-state index contributed by atoms with van der Waals surface area (Å²) in [6, 6.07) is 0. The molecule has 6 nitrogen and oxygen atoms in total. The second kappa shape index (κ2) is 5.19. The number of hydrogen-bond acceptors (Lipinski definition) is 4. The summed E-state index contributed by atoms with van der Waals surface area (Å²) in [6.45, 7) is 3.33. The lowest BCUT2D eigenvalue weighted by atomic mass is 10.0. The van der Waals surface area contributed by atoms with Gasteiger partial charge in [-0.1, -0.05) is 0 Å². The molecule has 0 amide bonds. The van der Waals surface area contributed by atoms with E-state index in [-0.39, 0.29) is 17.5 Å². The molecular formula is C11H17N3O3S. The third kappa shape index (κ3) is 2.46. The van der Waals surface area contributed by atoms with Crippen molar-refractivity contribution in [3.05, 3.63) is 12.5 Å². The number of aldehydes is 1. The third-order valence-electron chi connectivity index (χ3n) is 3.19. The van der Waals surface area contributed by atoms with Gasteiger partial charge in [-0.3, -0.25) is 0 Å². The first kappa shape index (κ1) is 13.2. The quantitative estimate of drug-likeness (QED) is 0.748. The van der Waals surface area contributed by atoms with Gasteiger partial charge in [-0.05, 0) is 19.8 Å². The van der Waals surface area contributed by atoms with Gasteiger partial charge in [0.05, 0.1) is 6.33 Å². The molecule has 0 aliphatic carbocycles. The molecule has 18 heavy (non-hydrogen) atoms. The second-order valence-electron chi connectivity index (χ2n) is 4.44. The average Bonchev–Trinajstić information content (AvgIpc) is 2.88. The fraction of sp³-hybridized carbons (Fsp3) is 0.636. The number of piperidine rings is 1. The van der Waals surface area contributed by atoms with E-state index >= 15 is 0 Å². The Bertz CT molecular complexity index is 523. The first-order valence-corrected chi connectivity index (χ1v) is 7.49. The van der Waals surface area contributed by atoms with E-state index in [0.29, 0.717) is 13.1 Å². The number of carbonyl (C=O) groups excluding carboxylic acids is 1. The highest BCUT2D eigenvalue weighted by Gasteiger charge is 2.31. The van der Waals surface area contributed by atoms with Crippen molar-refractivity contribution < 1.29 is 13.2 Å². The highest BCUT2D eigenvalue weighted by atomic mass is 32.2. The molecule has 0 N–H and O–H groups in total. The summed E-state index contributed by atoms with van der Waals surface area (Å²) in [5.41, 5.74) is 0. The summed E-state index contributed by atoms with van der Waals surface area (Å²) in [6.07, 6.45) is 5.36. The Morgan fingerprint density at radius 2 is 2.33 bits per heavy atom. The topological polar surface area (TPSA) is 72.3 Å². The maximum absolute atomic E-state index is 12.3. The lowest BCUT2D eigenvalue weighted by Gasteiger charge is -2.28. The van der Waals surface area contributed by atoms with Gasteiger partial charge in [-0.15, -0.1) is 0 Å². The highest BCUT2D eigenvalue weighted by molar-refractivity contribution is 7.89. The molecule has 100 valence electrons. The molecule has 1 fully saturated rings. The minimum absolute atomic E-state index is 0.0656. The predicted molar refractivity (Wildman–Crippen MR) is 65.4 cm³/mol. The number of rotatable bonds is 4. The van der Waals surface area contributed by atoms with Crippen LogP contribution in [0.15, 0.2) is 17.6 Å². The van der Waals surface area contributed by atoms with Gasteiger partial charge in [0.25, 0.3) is 10.0 Å². The molecule has 2 rings (SSSR count). The molecule has 1 aliphatic rings. The third-order valence-corrected chi connectivity index (χ3v) is 4.94. The SMILES string of the molecule is CCn1cnc(S(=O)(=O)N2CCCC(C=O)C2)c1. The van der Waals surface area contributed by atoms with Gasteiger partial charge < -0.3 is 9.36 Å². The lowest BCUT2D eigenvalue weighted by molar-refractivity contribution is -0.112. The van der Waals surface area contributed by atoms with Crippen LogP contribution < -0.4 is 0 Å². The number of sulfonamides is 1. The summed E-state index contributed by atoms with van der Waals surface area (Å²) >= 11 is 0. The van der Waals surface area contributed by atoms with Gasteiger partial charge in [0.1, 0.15) is 6.29 Å². The average molecular weight is 271 g/mol. The van der Waals surface area contributed by atoms with E-state index in [1.54, 1.807) is 4.57 Å². The lowest BCUT2D eigenvalue weighted by Crippen LogP contribution is -2.40. The zero-order chi connectivity index (χ0) is 13.2. The normalized spacial score (nSPS) is 21.9. The molecule has 0 spiro atoms. The Kier molecular flexibility index (Phi) is 3.82. The van der Waals surface area contributed by atoms with E-state index in [4.69, 9.17) is 0 Å². The monoisotopic (exact) mass is 271 g/mol. The summed E-state index contributed by atoms with van der Waals surface area (Å²) in [4.78, 5) is 14.7. The van der Waals surface area contributed by atoms with Crippen LogP contribution in [0.25, 0.3) is 0 Å². The number of aryl methyl sites for hydroxylation is 1. The standard InChI is InChI=1S/C11H17N3O3S/c1-2-13-7-11(12-9-13)18(16,17)14-5-3-4-10(6-14)8-15/h7-10H,2-6H2,1H3. The van der Waals surface area contributed by atoms with Crippen LogP contribution in [-0.2, 0) is 21.4 Å². The molecule has 1 aliphatic heterocycles. The largest absolute Gasteiger partial charge is 0.336 e. The van der Waals surface area contributed by atoms with E-state index in [1.165, 1.54) is 16.8 Å². The number of nitrogens with zero attached hydrogens (tertiary/aromatic N) is 3. The zero-order valence-electron chi connectivity index (χ0n) is 10.3. The van der Waals surface area contributed by atoms with Crippen molar-refractivity contribution >= 4 is 16.3 Å². The Balaban J connectivity index is 2.22. The van der Waals surface area contributed by atoms with Crippen molar-refractivity contribution in [3.8, 4) is 0 Å². The van der Waals surface area contributed by atoms with Gasteiger partial charge in [0.15, 0.2) is 5.03 Å². The molecular weight excluding hydrogens is 254 g/mol. The zero-order valence-corrected chi connectivity index (χ0v) is 11.1. The Hall–Kier alpha value is -1.21. The van der Waals surface area contributed by atoms with Gasteiger partial charge in [0, 0.05) is 31.7 Å². The van der Waals surface area contributed by atoms with Crippen LogP contribution in [0.3, 0.4) is 0 Å². The molecule has 2 heterocycles. The van der Waals surface area contributed by atoms with Gasteiger partial charge in [0.2, 0.25) is 0 Å². The van der Waals surface area contributed by atoms with Crippen molar-refractivity contribution in [3.63, 3.8) is 0 Å². The van der Waals surface area contributed by atoms with Gasteiger partial charge >= 0.3 is 0 Å². The van der Waals surface area contributed by atoms with E-state index in [2.05, 4.69) is 4.98 Å². The molecule has 1 atom stereocenters. The summed E-state index contributed by atoms with van der Waals surface area (Å²) < 4.78 is 27.7. The van der Waals surface area contributed by atoms with Gasteiger partial charge in [-0.2, -0.15) is 4.31 Å². The molecule has 0 radical (unpaired) electrons. The molecule has 1 unspecified atom stereocenters. The van der Waals surface area contributed by atoms with E-state index in [0.717, 1.165) is 19.1 Å². The Morgan fingerprint density at radius 1 is 1.56 bits per heavy atom.